The summed E-state index contributed by atoms with van der Waals surface area (Å²) in [6.07, 6.45) is 0. The predicted octanol–water partition coefficient (Wildman–Crippen LogP) is 3.26. The van der Waals surface area contributed by atoms with Gasteiger partial charge in [-0.3, -0.25) is 9.69 Å². The molecule has 0 saturated carbocycles. The standard InChI is InChI=1S/C15H17IN2O2/c1-11-6-7-14(20-11)9-18(2)10-15(19)17-13-5-3-4-12(16)8-13/h3-8H,9-10H2,1-2H3,(H,17,19). The van der Waals surface area contributed by atoms with E-state index in [9.17, 15) is 4.79 Å². The Kier molecular flexibility index (Phi) is 5.19. The maximum absolute atomic E-state index is 11.9. The molecule has 106 valence electrons. The van der Waals surface area contributed by atoms with Crippen LogP contribution in [0.2, 0.25) is 0 Å². The van der Waals surface area contributed by atoms with Crippen molar-refractivity contribution in [3.63, 3.8) is 0 Å². The van der Waals surface area contributed by atoms with E-state index in [-0.39, 0.29) is 5.91 Å². The van der Waals surface area contributed by atoms with Crippen LogP contribution in [0.25, 0.3) is 0 Å². The highest BCUT2D eigenvalue weighted by Gasteiger charge is 2.09. The minimum atomic E-state index is -0.0298. The van der Waals surface area contributed by atoms with Crippen molar-refractivity contribution in [2.24, 2.45) is 0 Å². The molecular formula is C15H17IN2O2. The molecule has 0 aliphatic carbocycles. The van der Waals surface area contributed by atoms with Crippen molar-refractivity contribution in [2.75, 3.05) is 18.9 Å². The molecule has 1 aromatic carbocycles. The topological polar surface area (TPSA) is 45.5 Å². The van der Waals surface area contributed by atoms with Crippen LogP contribution in [0.3, 0.4) is 0 Å². The molecule has 0 aliphatic heterocycles. The van der Waals surface area contributed by atoms with Crippen molar-refractivity contribution < 1.29 is 9.21 Å². The fourth-order valence-electron chi connectivity index (χ4n) is 1.90. The minimum absolute atomic E-state index is 0.0298. The Morgan fingerprint density at radius 2 is 2.15 bits per heavy atom. The lowest BCUT2D eigenvalue weighted by Gasteiger charge is -2.14. The summed E-state index contributed by atoms with van der Waals surface area (Å²) < 4.78 is 6.59. The Hall–Kier alpha value is -1.34. The Morgan fingerprint density at radius 3 is 2.80 bits per heavy atom. The molecule has 0 spiro atoms. The second-order valence-corrected chi connectivity index (χ2v) is 5.99. The first kappa shape index (κ1) is 15.1. The van der Waals surface area contributed by atoms with E-state index in [1.165, 1.54) is 0 Å². The van der Waals surface area contributed by atoms with Crippen LogP contribution < -0.4 is 5.32 Å². The van der Waals surface area contributed by atoms with Crippen molar-refractivity contribution in [3.05, 3.63) is 51.5 Å². The molecule has 0 saturated heterocycles. The quantitative estimate of drug-likeness (QED) is 0.805. The van der Waals surface area contributed by atoms with Crippen LogP contribution in [0.15, 0.2) is 40.8 Å². The normalized spacial score (nSPS) is 10.8. The third kappa shape index (κ3) is 4.64. The first-order valence-corrected chi connectivity index (χ1v) is 7.40. The first-order chi connectivity index (χ1) is 9.52. The number of amides is 1. The Morgan fingerprint density at radius 1 is 1.35 bits per heavy atom. The van der Waals surface area contributed by atoms with Gasteiger partial charge in [-0.1, -0.05) is 6.07 Å². The van der Waals surface area contributed by atoms with Crippen LogP contribution in [0.4, 0.5) is 5.69 Å². The highest BCUT2D eigenvalue weighted by atomic mass is 127. The molecule has 0 unspecified atom stereocenters. The highest BCUT2D eigenvalue weighted by Crippen LogP contribution is 2.12. The number of halogens is 1. The SMILES string of the molecule is Cc1ccc(CN(C)CC(=O)Nc2cccc(I)c2)o1. The van der Waals surface area contributed by atoms with Gasteiger partial charge in [0.25, 0.3) is 0 Å². The molecule has 0 aliphatic rings. The van der Waals surface area contributed by atoms with Crippen molar-refractivity contribution in [1.82, 2.24) is 4.90 Å². The van der Waals surface area contributed by atoms with E-state index in [2.05, 4.69) is 27.9 Å². The summed E-state index contributed by atoms with van der Waals surface area (Å²) in [5.74, 6) is 1.72. The lowest BCUT2D eigenvalue weighted by atomic mass is 10.3. The van der Waals surface area contributed by atoms with E-state index >= 15 is 0 Å². The zero-order valence-corrected chi connectivity index (χ0v) is 13.7. The number of carbonyl (C=O) groups is 1. The van der Waals surface area contributed by atoms with Crippen molar-refractivity contribution in [2.45, 2.75) is 13.5 Å². The van der Waals surface area contributed by atoms with E-state index in [1.807, 2.05) is 55.3 Å². The number of furan rings is 1. The van der Waals surface area contributed by atoms with Crippen molar-refractivity contribution in [1.29, 1.82) is 0 Å². The lowest BCUT2D eigenvalue weighted by molar-refractivity contribution is -0.117. The largest absolute Gasteiger partial charge is 0.465 e. The van der Waals surface area contributed by atoms with Gasteiger partial charge in [-0.2, -0.15) is 0 Å². The molecule has 2 aromatic rings. The average Bonchev–Trinajstić information content (AvgIpc) is 2.74. The van der Waals surface area contributed by atoms with E-state index < -0.39 is 0 Å². The molecule has 0 bridgehead atoms. The Labute approximate surface area is 132 Å². The molecule has 0 fully saturated rings. The van der Waals surface area contributed by atoms with Gasteiger partial charge in [0, 0.05) is 9.26 Å². The van der Waals surface area contributed by atoms with Crippen LogP contribution in [0, 0.1) is 10.5 Å². The molecular weight excluding hydrogens is 367 g/mol. The number of anilines is 1. The fraction of sp³-hybridized carbons (Fsp3) is 0.267. The zero-order valence-electron chi connectivity index (χ0n) is 11.5. The van der Waals surface area contributed by atoms with E-state index in [0.717, 1.165) is 20.8 Å². The van der Waals surface area contributed by atoms with Gasteiger partial charge in [-0.25, -0.2) is 0 Å². The summed E-state index contributed by atoms with van der Waals surface area (Å²) in [6, 6.07) is 11.6. The van der Waals surface area contributed by atoms with Crippen molar-refractivity contribution >= 4 is 34.2 Å². The summed E-state index contributed by atoms with van der Waals surface area (Å²) in [7, 11) is 1.90. The number of nitrogens with zero attached hydrogens (tertiary/aromatic N) is 1. The predicted molar refractivity (Wildman–Crippen MR) is 87.6 cm³/mol. The third-order valence-electron chi connectivity index (χ3n) is 2.74. The average molecular weight is 384 g/mol. The van der Waals surface area contributed by atoms with Gasteiger partial charge in [0.15, 0.2) is 0 Å². The van der Waals surface area contributed by atoms with E-state index in [4.69, 9.17) is 4.42 Å². The molecule has 1 N–H and O–H groups in total. The zero-order chi connectivity index (χ0) is 14.5. The number of hydrogen-bond acceptors (Lipinski definition) is 3. The van der Waals surface area contributed by atoms with Crippen LogP contribution in [-0.2, 0) is 11.3 Å². The van der Waals surface area contributed by atoms with Gasteiger partial charge in [0.2, 0.25) is 5.91 Å². The number of likely N-dealkylation sites (N-methyl/N-ethyl adjacent to an activating group) is 1. The van der Waals surface area contributed by atoms with Gasteiger partial charge >= 0.3 is 0 Å². The molecule has 5 heteroatoms. The maximum Gasteiger partial charge on any atom is 0.238 e. The Bertz CT molecular complexity index is 595. The monoisotopic (exact) mass is 384 g/mol. The van der Waals surface area contributed by atoms with E-state index in [0.29, 0.717) is 13.1 Å². The smallest absolute Gasteiger partial charge is 0.238 e. The first-order valence-electron chi connectivity index (χ1n) is 6.32. The molecule has 1 amide bonds. The highest BCUT2D eigenvalue weighted by molar-refractivity contribution is 14.1. The molecule has 20 heavy (non-hydrogen) atoms. The van der Waals surface area contributed by atoms with Gasteiger partial charge in [-0.15, -0.1) is 0 Å². The molecule has 1 heterocycles. The van der Waals surface area contributed by atoms with Crippen LogP contribution in [0.1, 0.15) is 11.5 Å². The lowest BCUT2D eigenvalue weighted by Crippen LogP contribution is -2.29. The molecule has 0 radical (unpaired) electrons. The van der Waals surface area contributed by atoms with Crippen molar-refractivity contribution in [3.8, 4) is 0 Å². The number of rotatable bonds is 5. The van der Waals surface area contributed by atoms with Gasteiger partial charge in [0.1, 0.15) is 11.5 Å². The van der Waals surface area contributed by atoms with Gasteiger partial charge in [-0.05, 0) is 66.9 Å². The number of aryl methyl sites for hydroxylation is 1. The van der Waals surface area contributed by atoms with E-state index in [1.54, 1.807) is 0 Å². The molecule has 2 rings (SSSR count). The molecule has 0 atom stereocenters. The minimum Gasteiger partial charge on any atom is -0.465 e. The number of benzene rings is 1. The second-order valence-electron chi connectivity index (χ2n) is 4.74. The summed E-state index contributed by atoms with van der Waals surface area (Å²) in [5.41, 5.74) is 0.823. The fourth-order valence-corrected chi connectivity index (χ4v) is 2.45. The molecule has 4 nitrogen and oxygen atoms in total. The van der Waals surface area contributed by atoms with Gasteiger partial charge < -0.3 is 9.73 Å². The maximum atomic E-state index is 11.9. The van der Waals surface area contributed by atoms with Gasteiger partial charge in [0.05, 0.1) is 13.1 Å². The Balaban J connectivity index is 1.84. The number of hydrogen-bond donors (Lipinski definition) is 1. The van der Waals surface area contributed by atoms with Crippen LogP contribution >= 0.6 is 22.6 Å². The number of carbonyl (C=O) groups excluding carboxylic acids is 1. The van der Waals surface area contributed by atoms with Crippen LogP contribution in [0.5, 0.6) is 0 Å². The van der Waals surface area contributed by atoms with Crippen LogP contribution in [-0.4, -0.2) is 24.4 Å². The molecule has 1 aromatic heterocycles. The summed E-state index contributed by atoms with van der Waals surface area (Å²) in [5, 5.41) is 2.89. The summed E-state index contributed by atoms with van der Waals surface area (Å²) in [4.78, 5) is 13.9. The summed E-state index contributed by atoms with van der Waals surface area (Å²) in [6.45, 7) is 2.85. The number of nitrogens with one attached hydrogen (secondary N) is 1. The third-order valence-corrected chi connectivity index (χ3v) is 3.41. The summed E-state index contributed by atoms with van der Waals surface area (Å²) >= 11 is 2.22. The second kappa shape index (κ2) is 6.90.